The van der Waals surface area contributed by atoms with Crippen LogP contribution in [0.1, 0.15) is 0 Å². The van der Waals surface area contributed by atoms with Crippen LogP contribution in [0.5, 0.6) is 0 Å². The highest BCUT2D eigenvalue weighted by atomic mass is 16.3. The van der Waals surface area contributed by atoms with Crippen molar-refractivity contribution in [2.45, 2.75) is 0 Å². The van der Waals surface area contributed by atoms with Crippen molar-refractivity contribution in [3.8, 4) is 78.4 Å². The molecule has 7 aromatic carbocycles. The second kappa shape index (κ2) is 11.7. The smallest absolute Gasteiger partial charge is 0.161 e. The van der Waals surface area contributed by atoms with E-state index in [9.17, 15) is 0 Å². The molecule has 0 bridgehead atoms. The van der Waals surface area contributed by atoms with Crippen molar-refractivity contribution in [2.24, 2.45) is 0 Å². The predicted molar refractivity (Wildman–Crippen MR) is 216 cm³/mol. The molecule has 0 N–H and O–H groups in total. The van der Waals surface area contributed by atoms with Crippen molar-refractivity contribution >= 4 is 32.8 Å². The SMILES string of the molecule is c1ccc(-c2cc(-c3cc(-c4ccc5c(c4)-c4cccc6cccc-5c46)cc(-c4ccnc5c4oc4ccccc45)c3)nc(-c3ccccc3)n2)cc1. The first-order valence-corrected chi connectivity index (χ1v) is 17.8. The molecule has 4 nitrogen and oxygen atoms in total. The molecule has 0 unspecified atom stereocenters. The van der Waals surface area contributed by atoms with Crippen LogP contribution in [0.2, 0.25) is 0 Å². The third-order valence-electron chi connectivity index (χ3n) is 10.5. The fourth-order valence-corrected chi connectivity index (χ4v) is 7.97. The number of furan rings is 1. The molecule has 1 aliphatic rings. The summed E-state index contributed by atoms with van der Waals surface area (Å²) < 4.78 is 6.52. The molecule has 246 valence electrons. The lowest BCUT2D eigenvalue weighted by Gasteiger charge is -2.14. The first-order valence-electron chi connectivity index (χ1n) is 17.8. The van der Waals surface area contributed by atoms with E-state index in [4.69, 9.17) is 19.4 Å². The highest BCUT2D eigenvalue weighted by Gasteiger charge is 2.22. The van der Waals surface area contributed by atoms with Crippen molar-refractivity contribution in [3.63, 3.8) is 0 Å². The van der Waals surface area contributed by atoms with Crippen LogP contribution >= 0.6 is 0 Å². The Hall–Kier alpha value is -7.17. The monoisotopic (exact) mass is 675 g/mol. The molecule has 4 heteroatoms. The molecule has 0 atom stereocenters. The summed E-state index contributed by atoms with van der Waals surface area (Å²) in [6, 6.07) is 59.6. The molecule has 53 heavy (non-hydrogen) atoms. The van der Waals surface area contributed by atoms with E-state index < -0.39 is 0 Å². The normalized spacial score (nSPS) is 11.8. The molecule has 0 spiro atoms. The summed E-state index contributed by atoms with van der Waals surface area (Å²) in [5.74, 6) is 0.681. The lowest BCUT2D eigenvalue weighted by atomic mass is 9.92. The number of fused-ring (bicyclic) bond motifs is 6. The van der Waals surface area contributed by atoms with Gasteiger partial charge in [-0.2, -0.15) is 0 Å². The van der Waals surface area contributed by atoms with Gasteiger partial charge in [-0.25, -0.2) is 9.97 Å². The Morgan fingerprint density at radius 1 is 0.396 bits per heavy atom. The predicted octanol–water partition coefficient (Wildman–Crippen LogP) is 12.9. The molecule has 0 aliphatic heterocycles. The van der Waals surface area contributed by atoms with Crippen LogP contribution in [0, 0.1) is 0 Å². The topological polar surface area (TPSA) is 51.8 Å². The van der Waals surface area contributed by atoms with Crippen LogP contribution in [0.25, 0.3) is 111 Å². The Labute approximate surface area is 305 Å². The summed E-state index contributed by atoms with van der Waals surface area (Å²) in [5, 5.41) is 3.59. The van der Waals surface area contributed by atoms with Gasteiger partial charge in [-0.05, 0) is 98.2 Å². The number of para-hydroxylation sites is 1. The lowest BCUT2D eigenvalue weighted by molar-refractivity contribution is 0.669. The quantitative estimate of drug-likeness (QED) is 0.182. The van der Waals surface area contributed by atoms with Gasteiger partial charge < -0.3 is 4.42 Å². The van der Waals surface area contributed by atoms with E-state index in [0.29, 0.717) is 5.82 Å². The molecule has 1 aliphatic carbocycles. The average Bonchev–Trinajstić information content (AvgIpc) is 3.78. The van der Waals surface area contributed by atoms with E-state index in [0.717, 1.165) is 72.4 Å². The minimum absolute atomic E-state index is 0.681. The molecule has 3 aromatic heterocycles. The van der Waals surface area contributed by atoms with Gasteiger partial charge in [0.05, 0.1) is 11.4 Å². The average molecular weight is 676 g/mol. The molecule has 10 aromatic rings. The van der Waals surface area contributed by atoms with Crippen LogP contribution in [0.3, 0.4) is 0 Å². The third-order valence-corrected chi connectivity index (χ3v) is 10.5. The Balaban J connectivity index is 1.16. The number of aromatic nitrogens is 3. The number of benzene rings is 7. The summed E-state index contributed by atoms with van der Waals surface area (Å²) in [7, 11) is 0. The second-order valence-corrected chi connectivity index (χ2v) is 13.6. The van der Waals surface area contributed by atoms with E-state index in [1.807, 2.05) is 60.8 Å². The number of hydrogen-bond donors (Lipinski definition) is 0. The summed E-state index contributed by atoms with van der Waals surface area (Å²) in [6.45, 7) is 0. The summed E-state index contributed by atoms with van der Waals surface area (Å²) in [5.41, 5.74) is 16.5. The maximum atomic E-state index is 6.52. The molecular weight excluding hydrogens is 647 g/mol. The maximum absolute atomic E-state index is 6.52. The van der Waals surface area contributed by atoms with Crippen LogP contribution in [0.4, 0.5) is 0 Å². The molecule has 0 saturated heterocycles. The van der Waals surface area contributed by atoms with Crippen LogP contribution < -0.4 is 0 Å². The van der Waals surface area contributed by atoms with Gasteiger partial charge in [0, 0.05) is 33.8 Å². The van der Waals surface area contributed by atoms with E-state index in [1.54, 1.807) is 0 Å². The Morgan fingerprint density at radius 2 is 1.08 bits per heavy atom. The standard InChI is InChI=1S/C49H29N3O/c1-3-11-30(12-4-1)43-29-44(52-49(51-43)32-13-5-2-6-14-32)36-26-34(25-35(27-36)37-23-24-50-47-41-17-7-8-20-45(41)53-48(37)47)33-21-22-38-39-18-9-15-31-16-10-19-40(46(31)39)42(38)28-33/h1-29H. The Morgan fingerprint density at radius 3 is 1.89 bits per heavy atom. The number of rotatable bonds is 5. The molecule has 11 rings (SSSR count). The van der Waals surface area contributed by atoms with Gasteiger partial charge in [-0.3, -0.25) is 4.98 Å². The molecule has 0 amide bonds. The minimum Gasteiger partial charge on any atom is -0.454 e. The van der Waals surface area contributed by atoms with Crippen molar-refractivity contribution < 1.29 is 4.42 Å². The number of hydrogen-bond acceptors (Lipinski definition) is 4. The van der Waals surface area contributed by atoms with Gasteiger partial charge in [0.1, 0.15) is 11.1 Å². The van der Waals surface area contributed by atoms with Gasteiger partial charge in [0.15, 0.2) is 11.4 Å². The fourth-order valence-electron chi connectivity index (χ4n) is 7.97. The Bertz CT molecular complexity index is 2990. The molecule has 0 fully saturated rings. The van der Waals surface area contributed by atoms with Crippen molar-refractivity contribution in [1.29, 1.82) is 0 Å². The van der Waals surface area contributed by atoms with E-state index in [1.165, 1.54) is 33.0 Å². The first kappa shape index (κ1) is 29.5. The van der Waals surface area contributed by atoms with Gasteiger partial charge >= 0.3 is 0 Å². The minimum atomic E-state index is 0.681. The molecule has 3 heterocycles. The lowest BCUT2D eigenvalue weighted by Crippen LogP contribution is -1.96. The number of pyridine rings is 1. The zero-order valence-electron chi connectivity index (χ0n) is 28.5. The van der Waals surface area contributed by atoms with E-state index in [-0.39, 0.29) is 0 Å². The summed E-state index contributed by atoms with van der Waals surface area (Å²) in [6.07, 6.45) is 1.88. The molecular formula is C49H29N3O. The third kappa shape index (κ3) is 4.80. The highest BCUT2D eigenvalue weighted by Crippen LogP contribution is 2.49. The zero-order chi connectivity index (χ0) is 34.9. The van der Waals surface area contributed by atoms with Gasteiger partial charge in [0.25, 0.3) is 0 Å². The van der Waals surface area contributed by atoms with E-state index >= 15 is 0 Å². The van der Waals surface area contributed by atoms with Crippen molar-refractivity contribution in [2.75, 3.05) is 0 Å². The van der Waals surface area contributed by atoms with Crippen LogP contribution in [-0.4, -0.2) is 15.0 Å². The van der Waals surface area contributed by atoms with Crippen LogP contribution in [-0.2, 0) is 0 Å². The Kier molecular flexibility index (Phi) is 6.52. The van der Waals surface area contributed by atoms with Crippen molar-refractivity contribution in [3.05, 3.63) is 176 Å². The van der Waals surface area contributed by atoms with E-state index in [2.05, 4.69) is 115 Å². The zero-order valence-corrected chi connectivity index (χ0v) is 28.5. The van der Waals surface area contributed by atoms with Crippen LogP contribution in [0.15, 0.2) is 180 Å². The summed E-state index contributed by atoms with van der Waals surface area (Å²) in [4.78, 5) is 15.1. The first-order chi connectivity index (χ1) is 26.2. The van der Waals surface area contributed by atoms with Gasteiger partial charge in [-0.15, -0.1) is 0 Å². The fraction of sp³-hybridized carbons (Fsp3) is 0. The number of nitrogens with zero attached hydrogens (tertiary/aromatic N) is 3. The van der Waals surface area contributed by atoms with Crippen molar-refractivity contribution in [1.82, 2.24) is 15.0 Å². The summed E-state index contributed by atoms with van der Waals surface area (Å²) >= 11 is 0. The van der Waals surface area contributed by atoms with Gasteiger partial charge in [-0.1, -0.05) is 121 Å². The maximum Gasteiger partial charge on any atom is 0.161 e. The van der Waals surface area contributed by atoms with Gasteiger partial charge in [0.2, 0.25) is 0 Å². The molecule has 0 radical (unpaired) electrons. The molecule has 0 saturated carbocycles. The largest absolute Gasteiger partial charge is 0.454 e. The highest BCUT2D eigenvalue weighted by molar-refractivity contribution is 6.15. The second-order valence-electron chi connectivity index (χ2n) is 13.6.